The van der Waals surface area contributed by atoms with E-state index in [0.717, 1.165) is 18.7 Å². The number of nitrogens with one attached hydrogen (secondary N) is 1. The lowest BCUT2D eigenvalue weighted by Crippen LogP contribution is -2.31. The molecule has 0 aliphatic heterocycles. The van der Waals surface area contributed by atoms with Crippen molar-refractivity contribution in [1.82, 2.24) is 15.1 Å². The van der Waals surface area contributed by atoms with Gasteiger partial charge in [0.15, 0.2) is 0 Å². The first-order valence-electron chi connectivity index (χ1n) is 5.85. The number of aliphatic hydroxyl groups is 1. The first-order chi connectivity index (χ1) is 7.44. The molecule has 0 bridgehead atoms. The summed E-state index contributed by atoms with van der Waals surface area (Å²) >= 11 is 0. The minimum Gasteiger partial charge on any atom is -0.390 e. The average Bonchev–Trinajstić information content (AvgIpc) is 2.62. The molecule has 1 unspecified atom stereocenters. The zero-order chi connectivity index (χ0) is 12.2. The SMILES string of the molecule is CNCCC(C)(O)Cc1ccn(C(C)C)n1. The van der Waals surface area contributed by atoms with Gasteiger partial charge in [-0.2, -0.15) is 5.10 Å². The summed E-state index contributed by atoms with van der Waals surface area (Å²) in [5.41, 5.74) is 0.272. The van der Waals surface area contributed by atoms with Crippen LogP contribution in [-0.2, 0) is 6.42 Å². The van der Waals surface area contributed by atoms with Gasteiger partial charge in [0.1, 0.15) is 0 Å². The van der Waals surface area contributed by atoms with Crippen LogP contribution in [0.4, 0.5) is 0 Å². The Morgan fingerprint density at radius 2 is 2.25 bits per heavy atom. The predicted octanol–water partition coefficient (Wildman–Crippen LogP) is 1.37. The lowest BCUT2D eigenvalue weighted by Gasteiger charge is -2.21. The number of hydrogen-bond acceptors (Lipinski definition) is 3. The Morgan fingerprint density at radius 3 is 2.75 bits per heavy atom. The summed E-state index contributed by atoms with van der Waals surface area (Å²) in [5.74, 6) is 0. The maximum absolute atomic E-state index is 10.2. The second-order valence-corrected chi connectivity index (χ2v) is 4.91. The molecule has 92 valence electrons. The van der Waals surface area contributed by atoms with Crippen molar-refractivity contribution in [2.24, 2.45) is 0 Å². The normalized spacial score (nSPS) is 15.4. The van der Waals surface area contributed by atoms with Crippen molar-refractivity contribution >= 4 is 0 Å². The molecule has 0 fully saturated rings. The number of nitrogens with zero attached hydrogens (tertiary/aromatic N) is 2. The van der Waals surface area contributed by atoms with Crippen LogP contribution in [-0.4, -0.2) is 34.1 Å². The fourth-order valence-corrected chi connectivity index (χ4v) is 1.63. The highest BCUT2D eigenvalue weighted by atomic mass is 16.3. The van der Waals surface area contributed by atoms with Gasteiger partial charge in [0.25, 0.3) is 0 Å². The highest BCUT2D eigenvalue weighted by molar-refractivity contribution is 5.03. The molecule has 1 atom stereocenters. The zero-order valence-electron chi connectivity index (χ0n) is 10.7. The molecule has 0 saturated heterocycles. The predicted molar refractivity (Wildman–Crippen MR) is 65.5 cm³/mol. The smallest absolute Gasteiger partial charge is 0.0687 e. The van der Waals surface area contributed by atoms with E-state index in [1.165, 1.54) is 0 Å². The van der Waals surface area contributed by atoms with Crippen molar-refractivity contribution in [2.45, 2.75) is 45.3 Å². The Labute approximate surface area is 97.7 Å². The highest BCUT2D eigenvalue weighted by Gasteiger charge is 2.21. The largest absolute Gasteiger partial charge is 0.390 e. The van der Waals surface area contributed by atoms with Gasteiger partial charge < -0.3 is 10.4 Å². The van der Waals surface area contributed by atoms with Crippen molar-refractivity contribution in [2.75, 3.05) is 13.6 Å². The van der Waals surface area contributed by atoms with E-state index in [0.29, 0.717) is 12.5 Å². The van der Waals surface area contributed by atoms with E-state index in [1.807, 2.05) is 30.9 Å². The van der Waals surface area contributed by atoms with E-state index in [-0.39, 0.29) is 0 Å². The van der Waals surface area contributed by atoms with Crippen LogP contribution in [0.2, 0.25) is 0 Å². The lowest BCUT2D eigenvalue weighted by molar-refractivity contribution is 0.0509. The Kier molecular flexibility index (Phi) is 4.50. The van der Waals surface area contributed by atoms with Crippen LogP contribution in [0.15, 0.2) is 12.3 Å². The Hall–Kier alpha value is -0.870. The summed E-state index contributed by atoms with van der Waals surface area (Å²) in [5, 5.41) is 17.6. The minimum atomic E-state index is -0.681. The molecule has 2 N–H and O–H groups in total. The molecule has 1 rings (SSSR count). The second kappa shape index (κ2) is 5.46. The Bertz CT molecular complexity index is 318. The number of hydrogen-bond donors (Lipinski definition) is 2. The summed E-state index contributed by atoms with van der Waals surface area (Å²) in [7, 11) is 1.89. The Balaban J connectivity index is 2.57. The van der Waals surface area contributed by atoms with Crippen LogP contribution < -0.4 is 5.32 Å². The van der Waals surface area contributed by atoms with Gasteiger partial charge in [-0.05, 0) is 46.9 Å². The van der Waals surface area contributed by atoms with E-state index >= 15 is 0 Å². The number of aromatic nitrogens is 2. The first-order valence-corrected chi connectivity index (χ1v) is 5.85. The van der Waals surface area contributed by atoms with Crippen molar-refractivity contribution in [1.29, 1.82) is 0 Å². The van der Waals surface area contributed by atoms with Crippen molar-refractivity contribution in [3.8, 4) is 0 Å². The van der Waals surface area contributed by atoms with E-state index in [1.54, 1.807) is 0 Å². The summed E-state index contributed by atoms with van der Waals surface area (Å²) in [6.45, 7) is 6.86. The van der Waals surface area contributed by atoms with E-state index in [9.17, 15) is 5.11 Å². The first kappa shape index (κ1) is 13.2. The van der Waals surface area contributed by atoms with Crippen LogP contribution in [0, 0.1) is 0 Å². The molecule has 0 spiro atoms. The number of rotatable bonds is 6. The van der Waals surface area contributed by atoms with Gasteiger partial charge >= 0.3 is 0 Å². The average molecular weight is 225 g/mol. The maximum Gasteiger partial charge on any atom is 0.0687 e. The van der Waals surface area contributed by atoms with E-state index in [2.05, 4.69) is 24.3 Å². The van der Waals surface area contributed by atoms with Crippen LogP contribution in [0.1, 0.15) is 38.9 Å². The molecular formula is C12H23N3O. The molecule has 0 aromatic carbocycles. The topological polar surface area (TPSA) is 50.1 Å². The third-order valence-corrected chi connectivity index (χ3v) is 2.67. The fraction of sp³-hybridized carbons (Fsp3) is 0.750. The quantitative estimate of drug-likeness (QED) is 0.768. The molecule has 1 aromatic heterocycles. The molecule has 1 heterocycles. The molecule has 0 saturated carbocycles. The summed E-state index contributed by atoms with van der Waals surface area (Å²) in [6.07, 6.45) is 3.31. The highest BCUT2D eigenvalue weighted by Crippen LogP contribution is 2.16. The van der Waals surface area contributed by atoms with Crippen LogP contribution in [0.25, 0.3) is 0 Å². The van der Waals surface area contributed by atoms with Gasteiger partial charge in [-0.25, -0.2) is 0 Å². The van der Waals surface area contributed by atoms with Gasteiger partial charge in [-0.1, -0.05) is 0 Å². The van der Waals surface area contributed by atoms with Gasteiger partial charge in [-0.3, -0.25) is 4.68 Å². The van der Waals surface area contributed by atoms with Crippen LogP contribution >= 0.6 is 0 Å². The molecule has 4 nitrogen and oxygen atoms in total. The Morgan fingerprint density at radius 1 is 1.56 bits per heavy atom. The summed E-state index contributed by atoms with van der Waals surface area (Å²) in [6, 6.07) is 2.35. The lowest BCUT2D eigenvalue weighted by atomic mass is 9.96. The van der Waals surface area contributed by atoms with Crippen molar-refractivity contribution in [3.63, 3.8) is 0 Å². The van der Waals surface area contributed by atoms with Gasteiger partial charge in [0.2, 0.25) is 0 Å². The molecule has 0 radical (unpaired) electrons. The van der Waals surface area contributed by atoms with Gasteiger partial charge in [-0.15, -0.1) is 0 Å². The van der Waals surface area contributed by atoms with E-state index < -0.39 is 5.60 Å². The second-order valence-electron chi connectivity index (χ2n) is 4.91. The van der Waals surface area contributed by atoms with Crippen LogP contribution in [0.5, 0.6) is 0 Å². The van der Waals surface area contributed by atoms with Gasteiger partial charge in [0.05, 0.1) is 11.3 Å². The zero-order valence-corrected chi connectivity index (χ0v) is 10.7. The monoisotopic (exact) mass is 225 g/mol. The third kappa shape index (κ3) is 3.94. The fourth-order valence-electron chi connectivity index (χ4n) is 1.63. The molecule has 16 heavy (non-hydrogen) atoms. The molecule has 0 aliphatic carbocycles. The molecule has 0 aliphatic rings. The van der Waals surface area contributed by atoms with E-state index in [4.69, 9.17) is 0 Å². The molecule has 4 heteroatoms. The molecule has 0 amide bonds. The summed E-state index contributed by atoms with van der Waals surface area (Å²) in [4.78, 5) is 0. The van der Waals surface area contributed by atoms with Crippen LogP contribution in [0.3, 0.4) is 0 Å². The van der Waals surface area contributed by atoms with Crippen molar-refractivity contribution in [3.05, 3.63) is 18.0 Å². The standard InChI is InChI=1S/C12H23N3O/c1-10(2)15-8-5-11(14-15)9-12(3,16)6-7-13-4/h5,8,10,13,16H,6-7,9H2,1-4H3. The summed E-state index contributed by atoms with van der Waals surface area (Å²) < 4.78 is 1.92. The molecular weight excluding hydrogens is 202 g/mol. The molecule has 1 aromatic rings. The van der Waals surface area contributed by atoms with Gasteiger partial charge in [0, 0.05) is 18.7 Å². The maximum atomic E-state index is 10.2. The minimum absolute atomic E-state index is 0.371. The third-order valence-electron chi connectivity index (χ3n) is 2.67. The van der Waals surface area contributed by atoms with Crippen molar-refractivity contribution < 1.29 is 5.11 Å².